The lowest BCUT2D eigenvalue weighted by Gasteiger charge is -2.15. The number of benzene rings is 2. The van der Waals surface area contributed by atoms with Crippen LogP contribution in [-0.4, -0.2) is 98.4 Å². The number of hydrogen-bond donors (Lipinski definition) is 4. The van der Waals surface area contributed by atoms with Crippen LogP contribution in [0.15, 0.2) is 73.6 Å². The predicted octanol–water partition coefficient (Wildman–Crippen LogP) is 5.61. The maximum atomic E-state index is 14.3. The van der Waals surface area contributed by atoms with Crippen molar-refractivity contribution in [3.8, 4) is 11.8 Å². The van der Waals surface area contributed by atoms with Crippen LogP contribution in [0.2, 0.25) is 10.0 Å². The number of urea groups is 1. The average molecular weight is 1010 g/mol. The summed E-state index contributed by atoms with van der Waals surface area (Å²) in [6, 6.07) is 9.33. The van der Waals surface area contributed by atoms with E-state index in [1.54, 1.807) is 44.5 Å². The van der Waals surface area contributed by atoms with Crippen LogP contribution in [0.3, 0.4) is 0 Å². The van der Waals surface area contributed by atoms with E-state index < -0.39 is 56.2 Å². The van der Waals surface area contributed by atoms with Gasteiger partial charge in [0, 0.05) is 29.6 Å². The molecule has 4 aromatic heterocycles. The Hall–Kier alpha value is -6.19. The van der Waals surface area contributed by atoms with E-state index in [0.29, 0.717) is 39.1 Å². The second-order valence-corrected chi connectivity index (χ2v) is 17.9. The number of rotatable bonds is 12. The van der Waals surface area contributed by atoms with Crippen molar-refractivity contribution in [1.82, 2.24) is 34.0 Å². The number of pyridine rings is 1. The van der Waals surface area contributed by atoms with E-state index in [1.807, 2.05) is 0 Å². The zero-order valence-electron chi connectivity index (χ0n) is 33.8. The number of hydrogen-bond acceptors (Lipinski definition) is 18. The van der Waals surface area contributed by atoms with Crippen molar-refractivity contribution in [3.05, 3.63) is 95.1 Å². The molecule has 0 bridgehead atoms. The molecule has 7 rings (SSSR count). The Kier molecular flexibility index (Phi) is 17.3. The minimum atomic E-state index is -4.37. The molecule has 0 spiro atoms. The number of carboxylic acid groups (broad SMARTS) is 2. The van der Waals surface area contributed by atoms with Crippen molar-refractivity contribution in [2.24, 2.45) is 4.99 Å². The highest BCUT2D eigenvalue weighted by Gasteiger charge is 2.26. The number of methoxy groups -OCH3 is 2. The van der Waals surface area contributed by atoms with Gasteiger partial charge in [0.15, 0.2) is 6.61 Å². The number of aryl methyl sites for hydroxylation is 1. The monoisotopic (exact) mass is 1010 g/mol. The molecule has 0 aliphatic carbocycles. The summed E-state index contributed by atoms with van der Waals surface area (Å²) in [6.45, 7) is 2.45. The first-order chi connectivity index (χ1) is 30.9. The number of thiophene rings is 1. The molecule has 65 heavy (non-hydrogen) atoms. The normalized spacial score (nSPS) is 12.1. The van der Waals surface area contributed by atoms with Gasteiger partial charge < -0.3 is 24.4 Å². The molecular formula is C37H34Cl2FN9O12S4. The Morgan fingerprint density at radius 3 is 2.45 bits per heavy atom. The minimum absolute atomic E-state index is 0.0605. The molecule has 1 aliphatic heterocycles. The fourth-order valence-electron chi connectivity index (χ4n) is 5.37. The van der Waals surface area contributed by atoms with Gasteiger partial charge in [-0.2, -0.15) is 15.0 Å². The number of sulfonamides is 1. The van der Waals surface area contributed by atoms with Crippen molar-refractivity contribution >= 4 is 114 Å². The van der Waals surface area contributed by atoms with Gasteiger partial charge in [0.05, 0.1) is 30.0 Å². The Morgan fingerprint density at radius 1 is 1.02 bits per heavy atom. The molecule has 0 saturated carbocycles. The molecule has 344 valence electrons. The third kappa shape index (κ3) is 13.4. The van der Waals surface area contributed by atoms with Crippen LogP contribution in [0, 0.1) is 12.7 Å². The summed E-state index contributed by atoms with van der Waals surface area (Å²) in [5.74, 6) is -2.93. The third-order valence-corrected chi connectivity index (χ3v) is 13.2. The minimum Gasteiger partial charge on any atom is -0.480 e. The fraction of sp³-hybridized carbons (Fsp3) is 0.243. The zero-order chi connectivity index (χ0) is 47.4. The first-order valence-corrected chi connectivity index (χ1v) is 23.2. The number of thioether (sulfide) groups is 1. The third-order valence-electron chi connectivity index (χ3n) is 8.19. The van der Waals surface area contributed by atoms with E-state index in [1.165, 1.54) is 32.6 Å². The summed E-state index contributed by atoms with van der Waals surface area (Å²) in [7, 11) is -1.76. The van der Waals surface area contributed by atoms with Gasteiger partial charge >= 0.3 is 34.8 Å². The van der Waals surface area contributed by atoms with Crippen LogP contribution in [0.5, 0.6) is 11.8 Å². The van der Waals surface area contributed by atoms with Crippen LogP contribution >= 0.6 is 57.6 Å². The lowest BCUT2D eigenvalue weighted by molar-refractivity contribution is -0.139. The molecule has 0 unspecified atom stereocenters. The van der Waals surface area contributed by atoms with E-state index in [4.69, 9.17) is 42.9 Å². The number of esters is 1. The number of anilines is 1. The number of carboxylic acids is 2. The molecule has 0 radical (unpaired) electrons. The number of aliphatic carboxylic acids is 1. The van der Waals surface area contributed by atoms with Crippen LogP contribution in [0.4, 0.5) is 20.8 Å². The van der Waals surface area contributed by atoms with Crippen molar-refractivity contribution in [2.45, 2.75) is 42.6 Å². The molecule has 0 atom stereocenters. The summed E-state index contributed by atoms with van der Waals surface area (Å²) < 4.78 is 58.1. The van der Waals surface area contributed by atoms with Gasteiger partial charge in [-0.3, -0.25) is 24.6 Å². The Morgan fingerprint density at radius 2 is 1.75 bits per heavy atom. The number of aromatic carboxylic acids is 1. The zero-order valence-corrected chi connectivity index (χ0v) is 38.6. The van der Waals surface area contributed by atoms with Crippen LogP contribution < -0.4 is 29.2 Å². The van der Waals surface area contributed by atoms with E-state index >= 15 is 0 Å². The summed E-state index contributed by atoms with van der Waals surface area (Å²) in [5, 5.41) is 22.4. The summed E-state index contributed by atoms with van der Waals surface area (Å²) in [4.78, 5) is 76.3. The van der Waals surface area contributed by atoms with Gasteiger partial charge in [0.2, 0.25) is 10.7 Å². The SMILES string of the molecule is COC(=O)CSc1cc(N=c2sc(=O)n3n2CCCC3)c(F)cc1Cl.COc1nc(C)nc(NC(=O)NS(=O)(=O)c2ccsc2C(=O)O)n1.O=C(O)COc1ccc(Cl)c2cccnc12. The number of carbonyl (C=O) groups excluding carboxylic acids is 2. The standard InChI is InChI=1S/C15H15ClFN3O3S2.C11H8ClNO3.C11H11N5O6S2/c1-23-13(21)8-24-12-7-11(10(17)6-9(12)16)18-14-19-4-2-3-5-20(19)15(22)25-14;12-8-3-4-9(16-6-10(14)15)11-7(8)2-1-5-13-11;1-5-12-9(15-11(13-5)22-2)14-10(19)16-24(20,21)6-3-4-23-7(6)8(17)18/h6-7H,2-5,8H2,1H3;1-5H,6H2,(H,14,15);3-4H,1-2H3,(H,17,18)(H2,12,13,14,15,16,19). The highest BCUT2D eigenvalue weighted by molar-refractivity contribution is 8.00. The maximum absolute atomic E-state index is 14.3. The van der Waals surface area contributed by atoms with Crippen molar-refractivity contribution < 1.29 is 56.4 Å². The molecule has 2 aromatic carbocycles. The highest BCUT2D eigenvalue weighted by Crippen LogP contribution is 2.33. The van der Waals surface area contributed by atoms with Gasteiger partial charge in [-0.05, 0) is 78.9 Å². The van der Waals surface area contributed by atoms with Gasteiger partial charge in [0.25, 0.3) is 10.0 Å². The second kappa shape index (κ2) is 22.6. The smallest absolute Gasteiger partial charge is 0.347 e. The number of amides is 2. The number of halogens is 3. The molecule has 5 heterocycles. The first-order valence-electron chi connectivity index (χ1n) is 18.2. The number of carbonyl (C=O) groups is 4. The Bertz CT molecular complexity index is 3000. The van der Waals surface area contributed by atoms with E-state index in [-0.39, 0.29) is 39.1 Å². The van der Waals surface area contributed by atoms with Gasteiger partial charge in [-0.25, -0.2) is 41.6 Å². The van der Waals surface area contributed by atoms with E-state index in [9.17, 15) is 36.8 Å². The Labute approximate surface area is 388 Å². The number of ether oxygens (including phenoxy) is 3. The topological polar surface area (TPSA) is 285 Å². The molecule has 6 aromatic rings. The largest absolute Gasteiger partial charge is 0.480 e. The number of aromatic nitrogens is 6. The molecule has 2 amide bonds. The van der Waals surface area contributed by atoms with Gasteiger partial charge in [-0.15, -0.1) is 23.1 Å². The molecule has 0 saturated heterocycles. The van der Waals surface area contributed by atoms with Gasteiger partial charge in [-0.1, -0.05) is 23.2 Å². The van der Waals surface area contributed by atoms with Crippen LogP contribution in [-0.2, 0) is 37.4 Å². The van der Waals surface area contributed by atoms with Crippen molar-refractivity contribution in [1.29, 1.82) is 0 Å². The van der Waals surface area contributed by atoms with Gasteiger partial charge in [0.1, 0.15) is 38.4 Å². The number of fused-ring (bicyclic) bond motifs is 2. The second-order valence-electron chi connectivity index (χ2n) is 12.6. The summed E-state index contributed by atoms with van der Waals surface area (Å²) in [6.07, 6.45) is 3.50. The molecule has 21 nitrogen and oxygen atoms in total. The molecule has 1 aliphatic rings. The van der Waals surface area contributed by atoms with Crippen LogP contribution in [0.1, 0.15) is 28.3 Å². The lowest BCUT2D eigenvalue weighted by atomic mass is 10.2. The van der Waals surface area contributed by atoms with E-state index in [0.717, 1.165) is 64.8 Å². The average Bonchev–Trinajstić information content (AvgIpc) is 3.90. The molecule has 4 N–H and O–H groups in total. The Balaban J connectivity index is 0.000000188. The summed E-state index contributed by atoms with van der Waals surface area (Å²) >= 11 is 14.9. The van der Waals surface area contributed by atoms with Crippen molar-refractivity contribution in [2.75, 3.05) is 31.9 Å². The van der Waals surface area contributed by atoms with Crippen LogP contribution in [0.25, 0.3) is 10.9 Å². The number of nitrogens with zero attached hydrogens (tertiary/aromatic N) is 7. The molecule has 28 heteroatoms. The maximum Gasteiger partial charge on any atom is 0.347 e. The molecule has 0 fully saturated rings. The molecular weight excluding hydrogens is 981 g/mol. The predicted molar refractivity (Wildman–Crippen MR) is 237 cm³/mol. The summed E-state index contributed by atoms with van der Waals surface area (Å²) in [5.41, 5.74) is 0.649. The highest BCUT2D eigenvalue weighted by atomic mass is 35.5. The lowest BCUT2D eigenvalue weighted by Crippen LogP contribution is -2.35. The van der Waals surface area contributed by atoms with Crippen molar-refractivity contribution in [3.63, 3.8) is 0 Å². The first kappa shape index (κ1) is 49.8. The number of nitrogens with one attached hydrogen (secondary N) is 2. The van der Waals surface area contributed by atoms with E-state index in [2.05, 4.69) is 35.0 Å². The quantitative estimate of drug-likeness (QED) is 0.0856. The fourth-order valence-corrected chi connectivity index (χ4v) is 9.74.